The van der Waals surface area contributed by atoms with Gasteiger partial charge in [-0.05, 0) is 85.7 Å². The molecule has 3 heterocycles. The van der Waals surface area contributed by atoms with Crippen LogP contribution in [0.5, 0.6) is 5.75 Å². The zero-order valence-electron chi connectivity index (χ0n) is 19.9. The maximum Gasteiger partial charge on any atom is 0.170 e. The Morgan fingerprint density at radius 2 is 1.83 bits per heavy atom. The summed E-state index contributed by atoms with van der Waals surface area (Å²) in [4.78, 5) is 6.94. The summed E-state index contributed by atoms with van der Waals surface area (Å²) < 4.78 is 7.59. The fraction of sp³-hybridized carbons (Fsp3) is 0.214. The zero-order valence-corrected chi connectivity index (χ0v) is 21.5. The minimum absolute atomic E-state index is 0.0290. The van der Waals surface area contributed by atoms with Crippen molar-refractivity contribution in [3.63, 3.8) is 0 Å². The quantitative estimate of drug-likeness (QED) is 0.312. The fourth-order valence-corrected chi connectivity index (χ4v) is 5.43. The molecule has 5 nitrogen and oxygen atoms in total. The molecule has 0 amide bonds. The number of thiocarbonyl (C=S) groups is 1. The number of nitrogens with one attached hydrogen (secondary N) is 1. The second-order valence-electron chi connectivity index (χ2n) is 8.74. The molecule has 2 aromatic carbocycles. The molecule has 0 spiro atoms. The first-order chi connectivity index (χ1) is 17.0. The van der Waals surface area contributed by atoms with Crippen LogP contribution in [0.1, 0.15) is 40.3 Å². The van der Waals surface area contributed by atoms with Crippen LogP contribution in [0, 0.1) is 13.8 Å². The second-order valence-corrected chi connectivity index (χ2v) is 9.57. The van der Waals surface area contributed by atoms with E-state index < -0.39 is 0 Å². The van der Waals surface area contributed by atoms with Gasteiger partial charge in [-0.25, -0.2) is 0 Å². The molecule has 1 aliphatic heterocycles. The van der Waals surface area contributed by atoms with Crippen LogP contribution in [-0.4, -0.2) is 26.7 Å². The van der Waals surface area contributed by atoms with Gasteiger partial charge in [-0.2, -0.15) is 0 Å². The van der Waals surface area contributed by atoms with Crippen LogP contribution in [-0.2, 0) is 6.54 Å². The first kappa shape index (κ1) is 23.4. The summed E-state index contributed by atoms with van der Waals surface area (Å²) in [5.41, 5.74) is 6.67. The van der Waals surface area contributed by atoms with Gasteiger partial charge in [0.2, 0.25) is 0 Å². The highest BCUT2D eigenvalue weighted by molar-refractivity contribution is 7.80. The highest BCUT2D eigenvalue weighted by atomic mass is 35.5. The van der Waals surface area contributed by atoms with Crippen LogP contribution in [0.2, 0.25) is 5.02 Å². The molecular weight excluding hydrogens is 476 g/mol. The van der Waals surface area contributed by atoms with Crippen LogP contribution < -0.4 is 10.1 Å². The second kappa shape index (κ2) is 9.72. The number of rotatable bonds is 6. The Balaban J connectivity index is 1.60. The first-order valence-electron chi connectivity index (χ1n) is 11.5. The number of pyridine rings is 1. The van der Waals surface area contributed by atoms with E-state index in [9.17, 15) is 0 Å². The van der Waals surface area contributed by atoms with Crippen molar-refractivity contribution in [1.82, 2.24) is 19.8 Å². The lowest BCUT2D eigenvalue weighted by atomic mass is 9.96. The summed E-state index contributed by atoms with van der Waals surface area (Å²) in [5.74, 6) is 0.837. The number of aryl methyl sites for hydroxylation is 1. The van der Waals surface area contributed by atoms with E-state index in [1.54, 1.807) is 7.11 Å². The highest BCUT2D eigenvalue weighted by Gasteiger charge is 2.41. The lowest BCUT2D eigenvalue weighted by molar-refractivity contribution is 0.310. The molecule has 1 aliphatic rings. The predicted molar refractivity (Wildman–Crippen MR) is 144 cm³/mol. The number of ether oxygens (including phenoxy) is 1. The fourth-order valence-electron chi connectivity index (χ4n) is 4.94. The number of hydrogen-bond acceptors (Lipinski definition) is 3. The van der Waals surface area contributed by atoms with Crippen molar-refractivity contribution in [2.45, 2.75) is 32.5 Å². The molecular formula is C28H27ClN4OS. The van der Waals surface area contributed by atoms with Crippen LogP contribution in [0.25, 0.3) is 5.69 Å². The van der Waals surface area contributed by atoms with Gasteiger partial charge in [0.05, 0.1) is 24.9 Å². The van der Waals surface area contributed by atoms with Crippen molar-refractivity contribution < 1.29 is 4.74 Å². The number of benzene rings is 2. The van der Waals surface area contributed by atoms with Gasteiger partial charge >= 0.3 is 0 Å². The molecule has 7 heteroatoms. The Morgan fingerprint density at radius 3 is 2.51 bits per heavy atom. The topological polar surface area (TPSA) is 42.3 Å². The smallest absolute Gasteiger partial charge is 0.170 e. The Hall–Kier alpha value is -3.35. The minimum Gasteiger partial charge on any atom is -0.497 e. The summed E-state index contributed by atoms with van der Waals surface area (Å²) >= 11 is 12.2. The van der Waals surface area contributed by atoms with E-state index in [0.29, 0.717) is 16.7 Å². The highest BCUT2D eigenvalue weighted by Crippen LogP contribution is 2.42. The van der Waals surface area contributed by atoms with E-state index in [0.717, 1.165) is 34.1 Å². The maximum atomic E-state index is 6.32. The van der Waals surface area contributed by atoms with Crippen molar-refractivity contribution in [2.75, 3.05) is 7.11 Å². The molecule has 2 aromatic heterocycles. The van der Waals surface area contributed by atoms with Crippen LogP contribution in [0.15, 0.2) is 79.0 Å². The molecule has 2 atom stereocenters. The van der Waals surface area contributed by atoms with E-state index in [4.69, 9.17) is 28.6 Å². The van der Waals surface area contributed by atoms with E-state index in [1.165, 1.54) is 5.56 Å². The van der Waals surface area contributed by atoms with Crippen molar-refractivity contribution >= 4 is 28.9 Å². The lowest BCUT2D eigenvalue weighted by Crippen LogP contribution is -2.29. The van der Waals surface area contributed by atoms with E-state index in [1.807, 2.05) is 48.7 Å². The van der Waals surface area contributed by atoms with Gasteiger partial charge in [-0.1, -0.05) is 35.9 Å². The molecule has 1 N–H and O–H groups in total. The zero-order chi connectivity index (χ0) is 24.5. The summed E-state index contributed by atoms with van der Waals surface area (Å²) in [7, 11) is 1.68. The predicted octanol–water partition coefficient (Wildman–Crippen LogP) is 6.32. The molecule has 0 unspecified atom stereocenters. The average Bonchev–Trinajstić information content (AvgIpc) is 3.34. The Bertz CT molecular complexity index is 1350. The van der Waals surface area contributed by atoms with Gasteiger partial charge < -0.3 is 19.5 Å². The van der Waals surface area contributed by atoms with Crippen molar-refractivity contribution in [3.05, 3.63) is 112 Å². The van der Waals surface area contributed by atoms with Crippen molar-refractivity contribution in [3.8, 4) is 11.4 Å². The van der Waals surface area contributed by atoms with Gasteiger partial charge in [0.15, 0.2) is 5.11 Å². The van der Waals surface area contributed by atoms with Crippen molar-refractivity contribution in [1.29, 1.82) is 0 Å². The molecule has 1 saturated heterocycles. The van der Waals surface area contributed by atoms with Gasteiger partial charge in [0, 0.05) is 34.8 Å². The summed E-state index contributed by atoms with van der Waals surface area (Å²) in [6.45, 7) is 4.96. The van der Waals surface area contributed by atoms with E-state index >= 15 is 0 Å². The van der Waals surface area contributed by atoms with Crippen LogP contribution in [0.4, 0.5) is 0 Å². The molecule has 0 bridgehead atoms. The normalized spacial score (nSPS) is 17.5. The average molecular weight is 503 g/mol. The lowest BCUT2D eigenvalue weighted by Gasteiger charge is -2.28. The number of hydrogen-bond donors (Lipinski definition) is 1. The van der Waals surface area contributed by atoms with E-state index in [2.05, 4.69) is 63.9 Å². The molecule has 5 rings (SSSR count). The molecule has 178 valence electrons. The summed E-state index contributed by atoms with van der Waals surface area (Å²) in [6.07, 6.45) is 1.83. The number of aromatic nitrogens is 2. The minimum atomic E-state index is -0.0738. The third-order valence-corrected chi connectivity index (χ3v) is 7.15. The molecule has 0 aliphatic carbocycles. The Kier molecular flexibility index (Phi) is 6.50. The number of halogens is 1. The third kappa shape index (κ3) is 4.51. The van der Waals surface area contributed by atoms with E-state index in [-0.39, 0.29) is 12.1 Å². The molecule has 0 saturated carbocycles. The van der Waals surface area contributed by atoms with Crippen molar-refractivity contribution in [2.24, 2.45) is 0 Å². The molecule has 1 fully saturated rings. The Morgan fingerprint density at radius 1 is 1.03 bits per heavy atom. The van der Waals surface area contributed by atoms with Gasteiger partial charge in [0.25, 0.3) is 0 Å². The Labute approximate surface area is 216 Å². The molecule has 4 aromatic rings. The monoisotopic (exact) mass is 502 g/mol. The molecule has 35 heavy (non-hydrogen) atoms. The maximum absolute atomic E-state index is 6.32. The number of nitrogens with zero attached hydrogens (tertiary/aromatic N) is 3. The summed E-state index contributed by atoms with van der Waals surface area (Å²) in [5, 5.41) is 4.99. The third-order valence-electron chi connectivity index (χ3n) is 6.57. The SMILES string of the molecule is COc1ccc(CN2C(=S)N[C@@H](c3ccccn3)[C@@H]2c2cc(C)n(-c3cccc(Cl)c3)c2C)cc1. The first-order valence-corrected chi connectivity index (χ1v) is 12.3. The number of methoxy groups -OCH3 is 1. The van der Waals surface area contributed by atoms with Gasteiger partial charge in [-0.3, -0.25) is 4.98 Å². The van der Waals surface area contributed by atoms with Gasteiger partial charge in [-0.15, -0.1) is 0 Å². The van der Waals surface area contributed by atoms with Crippen LogP contribution >= 0.6 is 23.8 Å². The molecule has 0 radical (unpaired) electrons. The standard InChI is InChI=1S/C28H27ClN4OS/c1-18-15-24(19(2)33(18)22-8-6-7-21(29)16-22)27-26(25-9-4-5-14-30-25)31-28(35)32(27)17-20-10-12-23(34-3)13-11-20/h4-16,26-27H,17H2,1-3H3,(H,31,35)/t26-,27-/m0/s1. The summed E-state index contributed by atoms with van der Waals surface area (Å²) in [6, 6.07) is 24.3. The largest absolute Gasteiger partial charge is 0.497 e. The van der Waals surface area contributed by atoms with Gasteiger partial charge in [0.1, 0.15) is 5.75 Å². The van der Waals surface area contributed by atoms with Crippen LogP contribution in [0.3, 0.4) is 0 Å².